The first kappa shape index (κ1) is 31.2. The van der Waals surface area contributed by atoms with Crippen molar-refractivity contribution in [1.82, 2.24) is 15.6 Å². The summed E-state index contributed by atoms with van der Waals surface area (Å²) in [7, 11) is 0. The highest BCUT2D eigenvalue weighted by Crippen LogP contribution is 2.20. The molecule has 2 aromatic rings. The molecule has 1 heterocycles. The fraction of sp³-hybridized carbons (Fsp3) is 0.324. The molecular formula is C34H43N3O2. The van der Waals surface area contributed by atoms with Crippen molar-refractivity contribution < 1.29 is 9.59 Å². The van der Waals surface area contributed by atoms with Crippen LogP contribution in [0.1, 0.15) is 68.6 Å². The van der Waals surface area contributed by atoms with Crippen LogP contribution in [0.25, 0.3) is 11.3 Å². The molecule has 2 rings (SSSR count). The van der Waals surface area contributed by atoms with Crippen LogP contribution in [-0.4, -0.2) is 29.9 Å². The van der Waals surface area contributed by atoms with Crippen LogP contribution in [0, 0.1) is 0 Å². The minimum absolute atomic E-state index is 0.00273. The van der Waals surface area contributed by atoms with Gasteiger partial charge in [0.2, 0.25) is 5.91 Å². The molecule has 0 spiro atoms. The van der Waals surface area contributed by atoms with Gasteiger partial charge in [0.25, 0.3) is 5.91 Å². The average Bonchev–Trinajstić information content (AvgIpc) is 2.97. The molecule has 5 nitrogen and oxygen atoms in total. The maximum absolute atomic E-state index is 12.6. The number of nitrogens with one attached hydrogen (secondary N) is 2. The molecule has 0 aliphatic heterocycles. The second-order valence-corrected chi connectivity index (χ2v) is 8.97. The van der Waals surface area contributed by atoms with Crippen molar-refractivity contribution in [2.24, 2.45) is 0 Å². The van der Waals surface area contributed by atoms with E-state index in [1.54, 1.807) is 18.3 Å². The molecule has 1 aromatic heterocycles. The number of amides is 2. The molecule has 2 amide bonds. The van der Waals surface area contributed by atoms with E-state index in [4.69, 9.17) is 0 Å². The third-order valence-electron chi connectivity index (χ3n) is 5.76. The summed E-state index contributed by atoms with van der Waals surface area (Å²) in [5.41, 5.74) is 2.06. The minimum atomic E-state index is -0.199. The molecule has 0 saturated heterocycles. The Morgan fingerprint density at radius 3 is 1.95 bits per heavy atom. The van der Waals surface area contributed by atoms with Gasteiger partial charge in [-0.2, -0.15) is 0 Å². The maximum Gasteiger partial charge on any atom is 0.253 e. The molecule has 1 aromatic carbocycles. The fourth-order valence-electron chi connectivity index (χ4n) is 3.73. The molecule has 5 heteroatoms. The first-order valence-corrected chi connectivity index (χ1v) is 14.0. The Morgan fingerprint density at radius 1 is 0.718 bits per heavy atom. The quantitative estimate of drug-likeness (QED) is 0.156. The molecule has 0 fully saturated rings. The second-order valence-electron chi connectivity index (χ2n) is 8.97. The monoisotopic (exact) mass is 525 g/mol. The largest absolute Gasteiger partial charge is 0.354 e. The lowest BCUT2D eigenvalue weighted by atomic mass is 10.1. The van der Waals surface area contributed by atoms with E-state index in [1.165, 1.54) is 0 Å². The Kier molecular flexibility index (Phi) is 16.8. The summed E-state index contributed by atoms with van der Waals surface area (Å²) in [5.74, 6) is -0.197. The molecular weight excluding hydrogens is 482 g/mol. The lowest BCUT2D eigenvalue weighted by Gasteiger charge is -2.10. The van der Waals surface area contributed by atoms with Crippen LogP contribution in [0.3, 0.4) is 0 Å². The van der Waals surface area contributed by atoms with Gasteiger partial charge in [-0.1, -0.05) is 98.0 Å². The van der Waals surface area contributed by atoms with E-state index in [0.29, 0.717) is 30.8 Å². The van der Waals surface area contributed by atoms with Gasteiger partial charge in [-0.15, -0.1) is 0 Å². The van der Waals surface area contributed by atoms with Gasteiger partial charge >= 0.3 is 0 Å². The highest BCUT2D eigenvalue weighted by atomic mass is 16.2. The van der Waals surface area contributed by atoms with Gasteiger partial charge in [-0.3, -0.25) is 14.6 Å². The van der Waals surface area contributed by atoms with Crippen LogP contribution in [0.5, 0.6) is 0 Å². The number of nitrogens with zero attached hydrogens (tertiary/aromatic N) is 1. The Balaban J connectivity index is 1.50. The summed E-state index contributed by atoms with van der Waals surface area (Å²) in [6, 6.07) is 13.1. The van der Waals surface area contributed by atoms with Gasteiger partial charge in [-0.05, 0) is 57.1 Å². The Bertz CT molecular complexity index is 1110. The van der Waals surface area contributed by atoms with E-state index < -0.39 is 0 Å². The Labute approximate surface area is 234 Å². The molecule has 0 aliphatic rings. The lowest BCUT2D eigenvalue weighted by molar-refractivity contribution is -0.121. The number of hydrogen-bond donors (Lipinski definition) is 2. The summed E-state index contributed by atoms with van der Waals surface area (Å²) in [6.45, 7) is 2.91. The van der Waals surface area contributed by atoms with E-state index in [0.717, 1.165) is 50.5 Å². The molecule has 0 radical (unpaired) electrons. The summed E-state index contributed by atoms with van der Waals surface area (Å²) in [5, 5.41) is 5.74. The van der Waals surface area contributed by atoms with E-state index in [9.17, 15) is 9.59 Å². The average molecular weight is 526 g/mol. The van der Waals surface area contributed by atoms with Crippen LogP contribution in [0.4, 0.5) is 0 Å². The molecule has 0 unspecified atom stereocenters. The van der Waals surface area contributed by atoms with Crippen molar-refractivity contribution in [2.45, 2.75) is 58.3 Å². The van der Waals surface area contributed by atoms with Gasteiger partial charge in [0.1, 0.15) is 0 Å². The first-order chi connectivity index (χ1) is 19.2. The summed E-state index contributed by atoms with van der Waals surface area (Å²) < 4.78 is 0. The van der Waals surface area contributed by atoms with Gasteiger partial charge in [0.15, 0.2) is 0 Å². The van der Waals surface area contributed by atoms with Crippen molar-refractivity contribution in [3.8, 4) is 11.3 Å². The summed E-state index contributed by atoms with van der Waals surface area (Å²) in [4.78, 5) is 29.1. The highest BCUT2D eigenvalue weighted by molar-refractivity contribution is 5.99. The zero-order valence-corrected chi connectivity index (χ0v) is 23.2. The standard InChI is InChI=1S/C34H43N3O2/c1-2-3-4-5-6-7-8-9-10-11-12-13-14-15-16-17-21-26-32(38)35-28-29-37-34(39)31-25-22-27-36-33(31)30-23-19-18-20-24-30/h3-4,6-7,9-10,12-13,15-16,18-20,22-25,27H,2,5,8,11,14,17,21,26,28-29H2,1H3,(H,35,38)(H,37,39)/b4-3-,7-6-,10-9-,13-12-,16-15-. The van der Waals surface area contributed by atoms with E-state index in [1.807, 2.05) is 30.3 Å². The number of benzene rings is 1. The predicted molar refractivity (Wildman–Crippen MR) is 163 cm³/mol. The van der Waals surface area contributed by atoms with Crippen LogP contribution in [-0.2, 0) is 4.79 Å². The molecule has 0 atom stereocenters. The number of hydrogen-bond acceptors (Lipinski definition) is 3. The molecule has 2 N–H and O–H groups in total. The van der Waals surface area contributed by atoms with Gasteiger partial charge in [-0.25, -0.2) is 0 Å². The van der Waals surface area contributed by atoms with E-state index in [-0.39, 0.29) is 11.8 Å². The highest BCUT2D eigenvalue weighted by Gasteiger charge is 2.13. The summed E-state index contributed by atoms with van der Waals surface area (Å²) >= 11 is 0. The fourth-order valence-corrected chi connectivity index (χ4v) is 3.73. The predicted octanol–water partition coefficient (Wildman–Crippen LogP) is 7.52. The molecule has 0 saturated carbocycles. The molecule has 39 heavy (non-hydrogen) atoms. The third kappa shape index (κ3) is 14.5. The van der Waals surface area contributed by atoms with Gasteiger partial charge in [0.05, 0.1) is 11.3 Å². The second kappa shape index (κ2) is 21.0. The van der Waals surface area contributed by atoms with Gasteiger partial charge < -0.3 is 10.6 Å². The molecule has 0 bridgehead atoms. The number of carbonyl (C=O) groups excluding carboxylic acids is 2. The zero-order chi connectivity index (χ0) is 27.8. The van der Waals surface area contributed by atoms with Crippen molar-refractivity contribution in [3.05, 3.63) is 115 Å². The number of carbonyl (C=O) groups is 2. The SMILES string of the molecule is CC/C=C\C/C=C\C/C=C\C/C=C\C/C=C\CCCC(=O)NCCNC(=O)c1cccnc1-c1ccccc1. The van der Waals surface area contributed by atoms with Crippen molar-refractivity contribution in [1.29, 1.82) is 0 Å². The zero-order valence-electron chi connectivity index (χ0n) is 23.2. The first-order valence-electron chi connectivity index (χ1n) is 14.0. The number of rotatable bonds is 18. The molecule has 206 valence electrons. The topological polar surface area (TPSA) is 71.1 Å². The van der Waals surface area contributed by atoms with Crippen LogP contribution in [0.15, 0.2) is 109 Å². The van der Waals surface area contributed by atoms with Crippen molar-refractivity contribution in [3.63, 3.8) is 0 Å². The Hall–Kier alpha value is -3.99. The van der Waals surface area contributed by atoms with Gasteiger partial charge in [0, 0.05) is 31.3 Å². The van der Waals surface area contributed by atoms with Crippen molar-refractivity contribution in [2.75, 3.05) is 13.1 Å². The van der Waals surface area contributed by atoms with Crippen LogP contribution >= 0.6 is 0 Å². The number of pyridine rings is 1. The maximum atomic E-state index is 12.6. The van der Waals surface area contributed by atoms with E-state index in [2.05, 4.69) is 83.3 Å². The lowest BCUT2D eigenvalue weighted by Crippen LogP contribution is -2.34. The van der Waals surface area contributed by atoms with Crippen molar-refractivity contribution >= 4 is 11.8 Å². The van der Waals surface area contributed by atoms with Crippen LogP contribution < -0.4 is 10.6 Å². The summed E-state index contributed by atoms with van der Waals surface area (Å²) in [6.07, 6.45) is 30.6. The van der Waals surface area contributed by atoms with Crippen LogP contribution in [0.2, 0.25) is 0 Å². The number of aromatic nitrogens is 1. The Morgan fingerprint density at radius 2 is 1.31 bits per heavy atom. The third-order valence-corrected chi connectivity index (χ3v) is 5.76. The van der Waals surface area contributed by atoms with E-state index >= 15 is 0 Å². The smallest absolute Gasteiger partial charge is 0.253 e. The number of allylic oxidation sites excluding steroid dienone is 10. The number of unbranched alkanes of at least 4 members (excludes halogenated alkanes) is 1. The molecule has 0 aliphatic carbocycles. The minimum Gasteiger partial charge on any atom is -0.354 e. The normalized spacial score (nSPS) is 11.9.